The van der Waals surface area contributed by atoms with Gasteiger partial charge in [0.2, 0.25) is 5.56 Å². The molecule has 1 amide bonds. The van der Waals surface area contributed by atoms with Gasteiger partial charge in [-0.2, -0.15) is 0 Å². The van der Waals surface area contributed by atoms with Gasteiger partial charge in [-0.3, -0.25) is 19.1 Å². The van der Waals surface area contributed by atoms with Gasteiger partial charge in [0.05, 0.1) is 17.1 Å². The van der Waals surface area contributed by atoms with Crippen molar-refractivity contribution in [2.75, 3.05) is 4.72 Å². The molecule has 8 nitrogen and oxygen atoms in total. The number of aromatic nitrogens is 1. The molecule has 0 atom stereocenters. The van der Waals surface area contributed by atoms with E-state index in [1.807, 2.05) is 30.3 Å². The molecule has 4 aromatic rings. The van der Waals surface area contributed by atoms with Gasteiger partial charge in [-0.1, -0.05) is 30.3 Å². The molecule has 0 bridgehead atoms. The quantitative estimate of drug-likeness (QED) is 0.361. The van der Waals surface area contributed by atoms with Crippen molar-refractivity contribution >= 4 is 32.5 Å². The van der Waals surface area contributed by atoms with Gasteiger partial charge in [0.15, 0.2) is 0 Å². The molecule has 0 spiro atoms. The Morgan fingerprint density at radius 1 is 0.970 bits per heavy atom. The minimum Gasteiger partial charge on any atom is -0.322 e. The molecule has 0 aliphatic carbocycles. The number of benzene rings is 3. The van der Waals surface area contributed by atoms with Gasteiger partial charge in [0.25, 0.3) is 15.9 Å². The van der Waals surface area contributed by atoms with E-state index < -0.39 is 27.3 Å². The number of hydrogen-bond acceptors (Lipinski definition) is 5. The average molecular weight is 467 g/mol. The van der Waals surface area contributed by atoms with Gasteiger partial charge >= 0.3 is 0 Å². The molecule has 0 aliphatic heterocycles. The number of hydroxylamine groups is 1. The van der Waals surface area contributed by atoms with Crippen molar-refractivity contribution in [2.45, 2.75) is 11.5 Å². The molecular weight excluding hydrogens is 449 g/mol. The molecule has 1 heterocycles. The third-order valence-electron chi connectivity index (χ3n) is 4.71. The third-order valence-corrected chi connectivity index (χ3v) is 6.09. The van der Waals surface area contributed by atoms with Crippen molar-refractivity contribution in [1.29, 1.82) is 0 Å². The highest BCUT2D eigenvalue weighted by atomic mass is 32.2. The monoisotopic (exact) mass is 467 g/mol. The molecule has 0 saturated heterocycles. The van der Waals surface area contributed by atoms with Crippen molar-refractivity contribution in [3.8, 4) is 0 Å². The average Bonchev–Trinajstić information content (AvgIpc) is 2.80. The Labute approximate surface area is 188 Å². The minimum atomic E-state index is -4.05. The summed E-state index contributed by atoms with van der Waals surface area (Å²) < 4.78 is 41.1. The first-order valence-electron chi connectivity index (χ1n) is 9.73. The number of anilines is 1. The van der Waals surface area contributed by atoms with E-state index in [1.165, 1.54) is 30.3 Å². The minimum absolute atomic E-state index is 0.0550. The van der Waals surface area contributed by atoms with E-state index in [4.69, 9.17) is 4.84 Å². The van der Waals surface area contributed by atoms with Gasteiger partial charge in [-0.05, 0) is 48.0 Å². The molecule has 10 heteroatoms. The number of carbonyl (C=O) groups excluding carboxylic acids is 1. The number of rotatable bonds is 7. The van der Waals surface area contributed by atoms with Gasteiger partial charge < -0.3 is 4.98 Å². The zero-order chi connectivity index (χ0) is 23.4. The Morgan fingerprint density at radius 3 is 2.42 bits per heavy atom. The Hall–Kier alpha value is -4.02. The molecule has 4 rings (SSSR count). The molecule has 0 aliphatic rings. The number of fused-ring (bicyclic) bond motifs is 1. The van der Waals surface area contributed by atoms with E-state index in [1.54, 1.807) is 0 Å². The second-order valence-electron chi connectivity index (χ2n) is 7.07. The first-order valence-corrected chi connectivity index (χ1v) is 11.2. The maximum atomic E-state index is 13.1. The molecule has 0 radical (unpaired) electrons. The lowest BCUT2D eigenvalue weighted by Gasteiger charge is -2.11. The lowest BCUT2D eigenvalue weighted by molar-refractivity contribution is 0.0235. The highest BCUT2D eigenvalue weighted by molar-refractivity contribution is 7.92. The summed E-state index contributed by atoms with van der Waals surface area (Å²) in [5, 5.41) is 0.206. The molecule has 0 unspecified atom stereocenters. The number of hydrogen-bond donors (Lipinski definition) is 3. The zero-order valence-corrected chi connectivity index (χ0v) is 17.9. The van der Waals surface area contributed by atoms with Crippen molar-refractivity contribution in [1.82, 2.24) is 10.5 Å². The smallest absolute Gasteiger partial charge is 0.275 e. The summed E-state index contributed by atoms with van der Waals surface area (Å²) >= 11 is 0. The van der Waals surface area contributed by atoms with Gasteiger partial charge in [0.1, 0.15) is 5.82 Å². The van der Waals surface area contributed by atoms with Crippen LogP contribution in [0.2, 0.25) is 0 Å². The maximum absolute atomic E-state index is 13.1. The number of amides is 1. The van der Waals surface area contributed by atoms with Crippen LogP contribution < -0.4 is 15.8 Å². The number of halogens is 1. The molecule has 168 valence electrons. The first kappa shape index (κ1) is 22.2. The maximum Gasteiger partial charge on any atom is 0.275 e. The van der Waals surface area contributed by atoms with Crippen LogP contribution in [0.25, 0.3) is 10.9 Å². The van der Waals surface area contributed by atoms with Crippen molar-refractivity contribution < 1.29 is 22.4 Å². The normalized spacial score (nSPS) is 11.3. The van der Waals surface area contributed by atoms with E-state index in [9.17, 15) is 22.4 Å². The van der Waals surface area contributed by atoms with Crippen molar-refractivity contribution in [3.05, 3.63) is 106 Å². The fourth-order valence-electron chi connectivity index (χ4n) is 3.13. The van der Waals surface area contributed by atoms with Crippen LogP contribution in [0.1, 0.15) is 15.9 Å². The molecule has 0 fully saturated rings. The van der Waals surface area contributed by atoms with Crippen LogP contribution in [0, 0.1) is 5.82 Å². The highest BCUT2D eigenvalue weighted by Gasteiger charge is 2.18. The Balaban J connectivity index is 1.61. The van der Waals surface area contributed by atoms with E-state index in [2.05, 4.69) is 15.2 Å². The van der Waals surface area contributed by atoms with Crippen LogP contribution in [0.4, 0.5) is 10.1 Å². The number of pyridine rings is 1. The predicted octanol–water partition coefficient (Wildman–Crippen LogP) is 3.33. The number of nitrogens with one attached hydrogen (secondary N) is 3. The summed E-state index contributed by atoms with van der Waals surface area (Å²) in [4.78, 5) is 32.4. The first-order chi connectivity index (χ1) is 15.8. The van der Waals surface area contributed by atoms with E-state index in [0.29, 0.717) is 0 Å². The second kappa shape index (κ2) is 9.23. The predicted molar refractivity (Wildman–Crippen MR) is 120 cm³/mol. The van der Waals surface area contributed by atoms with Crippen LogP contribution in [-0.2, 0) is 21.5 Å². The zero-order valence-electron chi connectivity index (χ0n) is 17.0. The molecule has 33 heavy (non-hydrogen) atoms. The number of carbonyl (C=O) groups is 1. The summed E-state index contributed by atoms with van der Waals surface area (Å²) in [7, 11) is -4.05. The number of aromatic amines is 1. The molecule has 3 N–H and O–H groups in total. The van der Waals surface area contributed by atoms with Crippen molar-refractivity contribution in [2.24, 2.45) is 0 Å². The van der Waals surface area contributed by atoms with E-state index in [-0.39, 0.29) is 33.7 Å². The van der Waals surface area contributed by atoms with Gasteiger partial charge in [0, 0.05) is 22.7 Å². The van der Waals surface area contributed by atoms with E-state index in [0.717, 1.165) is 23.8 Å². The summed E-state index contributed by atoms with van der Waals surface area (Å²) in [6.07, 6.45) is 0. The molecule has 0 saturated carbocycles. The molecule has 3 aromatic carbocycles. The Bertz CT molecular complexity index is 1470. The van der Waals surface area contributed by atoms with E-state index >= 15 is 0 Å². The lowest BCUT2D eigenvalue weighted by Crippen LogP contribution is -2.25. The number of H-pyrrole nitrogens is 1. The summed E-state index contributed by atoms with van der Waals surface area (Å²) in [6, 6.07) is 19.0. The summed E-state index contributed by atoms with van der Waals surface area (Å²) in [5.41, 5.74) is 2.96. The third kappa shape index (κ3) is 5.25. The molecular formula is C23H18FN3O5S. The molecule has 1 aromatic heterocycles. The number of sulfonamides is 1. The summed E-state index contributed by atoms with van der Waals surface area (Å²) in [6.45, 7) is 0.106. The largest absolute Gasteiger partial charge is 0.322 e. The highest BCUT2D eigenvalue weighted by Crippen LogP contribution is 2.22. The van der Waals surface area contributed by atoms with Crippen LogP contribution in [-0.4, -0.2) is 19.3 Å². The SMILES string of the molecule is O=C(NOCc1ccccc1)c1cc(=O)[nH]c2ccc(S(=O)(=O)Nc3ccc(F)cc3)cc12. The van der Waals surface area contributed by atoms with Crippen LogP contribution in [0.5, 0.6) is 0 Å². The van der Waals surface area contributed by atoms with Crippen LogP contribution >= 0.6 is 0 Å². The Kier molecular flexibility index (Phi) is 6.20. The Morgan fingerprint density at radius 2 is 1.70 bits per heavy atom. The van der Waals surface area contributed by atoms with Gasteiger partial charge in [-0.15, -0.1) is 0 Å². The van der Waals surface area contributed by atoms with Crippen LogP contribution in [0.3, 0.4) is 0 Å². The second-order valence-corrected chi connectivity index (χ2v) is 8.75. The lowest BCUT2D eigenvalue weighted by atomic mass is 10.1. The topological polar surface area (TPSA) is 117 Å². The fourth-order valence-corrected chi connectivity index (χ4v) is 4.22. The van der Waals surface area contributed by atoms with Crippen LogP contribution in [0.15, 0.2) is 88.6 Å². The standard InChI is InChI=1S/C23H18FN3O5S/c24-16-6-8-17(9-7-16)27-33(30,31)18-10-11-21-19(12-18)20(13-22(28)25-21)23(29)26-32-14-15-4-2-1-3-5-15/h1-13,27H,14H2,(H,25,28)(H,26,29). The van der Waals surface area contributed by atoms with Gasteiger partial charge in [-0.25, -0.2) is 18.3 Å². The summed E-state index contributed by atoms with van der Waals surface area (Å²) in [5.74, 6) is -1.21. The fraction of sp³-hybridized carbons (Fsp3) is 0.0435. The van der Waals surface area contributed by atoms with Crippen molar-refractivity contribution in [3.63, 3.8) is 0 Å².